The highest BCUT2D eigenvalue weighted by Gasteiger charge is 2.32. The maximum atomic E-state index is 15.0. The molecule has 5 aromatic carbocycles. The van der Waals surface area contributed by atoms with Crippen LogP contribution in [0.15, 0.2) is 104 Å². The Morgan fingerprint density at radius 2 is 1.24 bits per heavy atom. The van der Waals surface area contributed by atoms with Crippen molar-refractivity contribution in [2.24, 2.45) is 0 Å². The molecule has 0 aliphatic heterocycles. The van der Waals surface area contributed by atoms with Crippen LogP contribution in [0.1, 0.15) is 19.8 Å². The third kappa shape index (κ3) is 8.98. The van der Waals surface area contributed by atoms with Crippen LogP contribution in [0.2, 0.25) is 10.0 Å². The lowest BCUT2D eigenvalue weighted by Crippen LogP contribution is -2.41. The van der Waals surface area contributed by atoms with E-state index in [0.29, 0.717) is 11.4 Å². The predicted octanol–water partition coefficient (Wildman–Crippen LogP) is 8.25. The third-order valence-electron chi connectivity index (χ3n) is 7.74. The number of anilines is 4. The van der Waals surface area contributed by atoms with Crippen molar-refractivity contribution in [3.8, 4) is 0 Å². The largest absolute Gasteiger partial charge is 0.380 e. The number of benzene rings is 4. The van der Waals surface area contributed by atoms with Gasteiger partial charge in [-0.2, -0.15) is 0 Å². The highest BCUT2D eigenvalue weighted by molar-refractivity contribution is 8.00. The molecule has 0 fully saturated rings. The third-order valence-corrected chi connectivity index (χ3v) is 11.3. The molecule has 16 heteroatoms. The Kier molecular flexibility index (Phi) is 12.2. The Morgan fingerprint density at radius 1 is 0.725 bits per heavy atom. The molecule has 5 aromatic rings. The number of nitrogens with zero attached hydrogens (tertiary/aromatic N) is 2. The number of hydrogen-bond donors (Lipinski definition) is 2. The van der Waals surface area contributed by atoms with E-state index >= 15 is 0 Å². The molecule has 51 heavy (non-hydrogen) atoms. The van der Waals surface area contributed by atoms with Crippen molar-refractivity contribution >= 4 is 67.9 Å². The molecule has 1 atom stereocenters. The van der Waals surface area contributed by atoms with E-state index in [1.807, 2.05) is 0 Å². The first-order chi connectivity index (χ1) is 24.3. The molecule has 0 heterocycles. The first kappa shape index (κ1) is 38.0. The highest BCUT2D eigenvalue weighted by atomic mass is 35.5. The van der Waals surface area contributed by atoms with Crippen molar-refractivity contribution in [2.45, 2.75) is 35.6 Å². The van der Waals surface area contributed by atoms with Crippen LogP contribution < -0.4 is 30.1 Å². The van der Waals surface area contributed by atoms with Gasteiger partial charge < -0.3 is 14.9 Å². The summed E-state index contributed by atoms with van der Waals surface area (Å²) in [6.07, 6.45) is 0.347. The smallest absolute Gasteiger partial charge is 0.264 e. The van der Waals surface area contributed by atoms with Crippen molar-refractivity contribution in [3.05, 3.63) is 139 Å². The zero-order chi connectivity index (χ0) is 36.9. The second-order valence-corrected chi connectivity index (χ2v) is 15.1. The Bertz CT molecular complexity index is 2190. The van der Waals surface area contributed by atoms with Crippen LogP contribution in [0.3, 0.4) is 0 Å². The van der Waals surface area contributed by atoms with Gasteiger partial charge >= 0.3 is 0 Å². The van der Waals surface area contributed by atoms with Crippen LogP contribution in [0.4, 0.5) is 40.3 Å². The van der Waals surface area contributed by atoms with Crippen molar-refractivity contribution in [1.82, 2.24) is 0 Å². The molecule has 0 aliphatic rings. The monoisotopic (exact) mass is 780 g/mol. The van der Waals surface area contributed by atoms with Crippen molar-refractivity contribution in [3.63, 3.8) is 0 Å². The Balaban J connectivity index is 1.25. The van der Waals surface area contributed by atoms with Gasteiger partial charge in [-0.25, -0.2) is 26.0 Å². The van der Waals surface area contributed by atoms with Gasteiger partial charge in [-0.1, -0.05) is 23.2 Å². The second kappa shape index (κ2) is 16.4. The molecule has 0 saturated carbocycles. The lowest BCUT2D eigenvalue weighted by Gasteiger charge is -2.31. The minimum Gasteiger partial charge on any atom is -0.380 e. The summed E-state index contributed by atoms with van der Waals surface area (Å²) in [5, 5.41) is 6.58. The lowest BCUT2D eigenvalue weighted by molar-refractivity contribution is 0.561. The van der Waals surface area contributed by atoms with Crippen LogP contribution in [-0.2, 0) is 10.0 Å². The molecule has 8 nitrogen and oxygen atoms in total. The minimum atomic E-state index is -4.41. The molecule has 0 saturated heterocycles. The summed E-state index contributed by atoms with van der Waals surface area (Å²) in [5.74, 6) is -3.06. The summed E-state index contributed by atoms with van der Waals surface area (Å²) in [6, 6.07) is 16.7. The van der Waals surface area contributed by atoms with E-state index in [4.69, 9.17) is 23.2 Å². The molecule has 0 radical (unpaired) electrons. The summed E-state index contributed by atoms with van der Waals surface area (Å²) < 4.78 is 87.7. The van der Waals surface area contributed by atoms with Gasteiger partial charge in [0.05, 0.1) is 16.3 Å². The average molecular weight is 782 g/mol. The summed E-state index contributed by atoms with van der Waals surface area (Å²) in [5.41, 5.74) is -2.03. The molecule has 2 N–H and O–H groups in total. The van der Waals surface area contributed by atoms with Crippen molar-refractivity contribution in [1.29, 1.82) is 0 Å². The van der Waals surface area contributed by atoms with E-state index in [2.05, 4.69) is 10.6 Å². The summed E-state index contributed by atoms with van der Waals surface area (Å²) in [7, 11) is -4.41. The van der Waals surface area contributed by atoms with E-state index in [-0.39, 0.29) is 53.0 Å². The molecule has 5 rings (SSSR count). The van der Waals surface area contributed by atoms with Crippen molar-refractivity contribution < 1.29 is 26.0 Å². The Morgan fingerprint density at radius 3 is 1.82 bits per heavy atom. The van der Waals surface area contributed by atoms with E-state index in [1.54, 1.807) is 28.6 Å². The van der Waals surface area contributed by atoms with E-state index in [9.17, 15) is 35.6 Å². The lowest BCUT2D eigenvalue weighted by atomic mass is 10.1. The standard InChI is InChI=1S/C35H30Cl2F4N4O4S2/c1-21(45(31-20-25(39)8-14-29(31)41)51(48,49)27-11-5-23(37)6-12-27)15-17-43-33-32(34(46)35(33)47)42-16-2-18-44(30-19-24(38)7-13-28(30)40)50-26-9-3-22(36)4-10-26/h3-14,19-21,42-43H,2,15-18H2,1H3/t21-/m1/s1. The van der Waals surface area contributed by atoms with E-state index in [1.165, 1.54) is 43.1 Å². The minimum absolute atomic E-state index is 0.0110. The summed E-state index contributed by atoms with van der Waals surface area (Å²) in [6.45, 7) is 1.87. The van der Waals surface area contributed by atoms with Crippen LogP contribution in [-0.4, -0.2) is 34.1 Å². The molecular weight excluding hydrogens is 751 g/mol. The quantitative estimate of drug-likeness (QED) is 0.0448. The van der Waals surface area contributed by atoms with E-state index < -0.39 is 55.9 Å². The number of hydrogen-bond acceptors (Lipinski definition) is 8. The van der Waals surface area contributed by atoms with Gasteiger partial charge in [0.2, 0.25) is 0 Å². The Labute approximate surface area is 305 Å². The summed E-state index contributed by atoms with van der Waals surface area (Å²) in [4.78, 5) is 25.4. The fraction of sp³-hybridized carbons (Fsp3) is 0.200. The normalized spacial score (nSPS) is 12.1. The zero-order valence-electron chi connectivity index (χ0n) is 26.8. The van der Waals surface area contributed by atoms with Gasteiger partial charge in [0, 0.05) is 52.7 Å². The van der Waals surface area contributed by atoms with Crippen LogP contribution in [0, 0.1) is 23.3 Å². The number of rotatable bonds is 16. The SMILES string of the molecule is C[C@H](CCNc1c(NCCCN(Sc2ccc(Cl)cc2)c2cc(F)ccc2F)c(=O)c1=O)N(c1cc(F)ccc1F)S(=O)(=O)c1ccc(Cl)cc1. The van der Waals surface area contributed by atoms with Crippen LogP contribution >= 0.6 is 35.1 Å². The Hall–Kier alpha value is -4.24. The number of halogens is 6. The molecule has 0 bridgehead atoms. The van der Waals surface area contributed by atoms with E-state index in [0.717, 1.165) is 45.6 Å². The van der Waals surface area contributed by atoms with Gasteiger partial charge in [0.25, 0.3) is 20.9 Å². The highest BCUT2D eigenvalue weighted by Crippen LogP contribution is 2.33. The first-order valence-electron chi connectivity index (χ1n) is 15.5. The average Bonchev–Trinajstić information content (AvgIpc) is 3.10. The molecular formula is C35H30Cl2F4N4O4S2. The maximum absolute atomic E-state index is 15.0. The second-order valence-electron chi connectivity index (χ2n) is 11.3. The van der Waals surface area contributed by atoms with Gasteiger partial charge in [0.15, 0.2) is 0 Å². The fourth-order valence-electron chi connectivity index (χ4n) is 5.18. The molecule has 0 amide bonds. The van der Waals surface area contributed by atoms with Gasteiger partial charge in [0.1, 0.15) is 34.6 Å². The van der Waals surface area contributed by atoms with Gasteiger partial charge in [-0.15, -0.1) is 0 Å². The molecule has 0 spiro atoms. The molecule has 0 aliphatic carbocycles. The zero-order valence-corrected chi connectivity index (χ0v) is 30.0. The van der Waals surface area contributed by atoms with Gasteiger partial charge in [-0.05, 0) is 105 Å². The molecule has 268 valence electrons. The summed E-state index contributed by atoms with van der Waals surface area (Å²) >= 11 is 13.1. The van der Waals surface area contributed by atoms with Crippen LogP contribution in [0.5, 0.6) is 0 Å². The first-order valence-corrected chi connectivity index (χ1v) is 18.5. The fourth-order valence-corrected chi connectivity index (χ4v) is 8.09. The van der Waals surface area contributed by atoms with Gasteiger partial charge in [-0.3, -0.25) is 13.9 Å². The topological polar surface area (TPSA) is 98.8 Å². The number of sulfonamides is 1. The maximum Gasteiger partial charge on any atom is 0.264 e. The van der Waals surface area contributed by atoms with Crippen LogP contribution in [0.25, 0.3) is 0 Å². The molecule has 0 unspecified atom stereocenters. The van der Waals surface area contributed by atoms with Crippen molar-refractivity contribution in [2.75, 3.05) is 38.9 Å². The molecule has 0 aromatic heterocycles. The predicted molar refractivity (Wildman–Crippen MR) is 196 cm³/mol. The number of nitrogens with one attached hydrogen (secondary N) is 2.